The van der Waals surface area contributed by atoms with E-state index in [-0.39, 0.29) is 18.0 Å². The fourth-order valence-corrected chi connectivity index (χ4v) is 4.00. The predicted molar refractivity (Wildman–Crippen MR) is 119 cm³/mol. The first-order chi connectivity index (χ1) is 15.5. The van der Waals surface area contributed by atoms with E-state index in [1.165, 1.54) is 18.1 Å². The molecule has 2 amide bonds. The first kappa shape index (κ1) is 23.5. The van der Waals surface area contributed by atoms with Crippen molar-refractivity contribution in [2.45, 2.75) is 25.7 Å². The van der Waals surface area contributed by atoms with E-state index in [9.17, 15) is 14.0 Å². The smallest absolute Gasteiger partial charge is 0.329 e. The van der Waals surface area contributed by atoms with E-state index in [2.05, 4.69) is 5.32 Å². The van der Waals surface area contributed by atoms with Crippen LogP contribution >= 0.6 is 0 Å². The summed E-state index contributed by atoms with van der Waals surface area (Å²) in [6.07, 6.45) is 3.68. The molecule has 0 spiro atoms. The largest absolute Gasteiger partial charge is 0.494 e. The molecule has 1 fully saturated rings. The van der Waals surface area contributed by atoms with E-state index < -0.39 is 17.8 Å². The Kier molecular flexibility index (Phi) is 8.44. The number of carboxylic acids is 1. The number of carbonyl (C=O) groups excluding carboxylic acids is 1. The van der Waals surface area contributed by atoms with Crippen LogP contribution in [0.15, 0.2) is 48.5 Å². The first-order valence-electron chi connectivity index (χ1n) is 10.7. The molecule has 1 aliphatic rings. The first-order valence-corrected chi connectivity index (χ1v) is 10.7. The van der Waals surface area contributed by atoms with Gasteiger partial charge in [-0.05, 0) is 61.8 Å². The van der Waals surface area contributed by atoms with Gasteiger partial charge in [0.25, 0.3) is 0 Å². The molecule has 8 heteroatoms. The van der Waals surface area contributed by atoms with Crippen LogP contribution in [0.4, 0.5) is 20.6 Å². The lowest BCUT2D eigenvalue weighted by molar-refractivity contribution is -0.142. The molecule has 172 valence electrons. The number of nitrogens with zero attached hydrogens (tertiary/aromatic N) is 1. The van der Waals surface area contributed by atoms with E-state index >= 15 is 0 Å². The number of anilines is 2. The molecule has 0 atom stereocenters. The highest BCUT2D eigenvalue weighted by molar-refractivity contribution is 5.99. The molecule has 0 bridgehead atoms. The number of hydrogen-bond donors (Lipinski definition) is 2. The van der Waals surface area contributed by atoms with Gasteiger partial charge in [-0.1, -0.05) is 24.3 Å². The third-order valence-corrected chi connectivity index (χ3v) is 5.71. The molecular formula is C24H29FN2O5. The molecule has 1 saturated carbocycles. The number of methoxy groups -OCH3 is 1. The minimum absolute atomic E-state index is 0.0691. The fraction of sp³-hybridized carbons (Fsp3) is 0.417. The number of amides is 2. The van der Waals surface area contributed by atoms with Crippen molar-refractivity contribution in [3.8, 4) is 5.75 Å². The van der Waals surface area contributed by atoms with Crippen LogP contribution in [0.5, 0.6) is 5.75 Å². The molecule has 2 aromatic carbocycles. The van der Waals surface area contributed by atoms with Gasteiger partial charge in [-0.2, -0.15) is 0 Å². The Hall–Kier alpha value is -3.13. The molecule has 0 heterocycles. The van der Waals surface area contributed by atoms with Gasteiger partial charge in [0.1, 0.15) is 6.61 Å². The van der Waals surface area contributed by atoms with Crippen molar-refractivity contribution in [3.63, 3.8) is 0 Å². The Morgan fingerprint density at radius 2 is 1.75 bits per heavy atom. The van der Waals surface area contributed by atoms with E-state index in [0.29, 0.717) is 30.7 Å². The number of rotatable bonds is 9. The monoisotopic (exact) mass is 444 g/mol. The Morgan fingerprint density at radius 3 is 2.41 bits per heavy atom. The Morgan fingerprint density at radius 1 is 1.06 bits per heavy atom. The molecule has 32 heavy (non-hydrogen) atoms. The van der Waals surface area contributed by atoms with Crippen LogP contribution in [-0.4, -0.2) is 44.0 Å². The summed E-state index contributed by atoms with van der Waals surface area (Å²) in [6.45, 7) is 0.658. The van der Waals surface area contributed by atoms with Crippen LogP contribution in [0.2, 0.25) is 0 Å². The van der Waals surface area contributed by atoms with Gasteiger partial charge in [0.2, 0.25) is 0 Å². The van der Waals surface area contributed by atoms with Crippen LogP contribution in [0.1, 0.15) is 25.7 Å². The second kappa shape index (κ2) is 11.5. The Balaban J connectivity index is 1.62. The van der Waals surface area contributed by atoms with Crippen molar-refractivity contribution in [2.75, 3.05) is 31.8 Å². The van der Waals surface area contributed by atoms with Gasteiger partial charge in [-0.25, -0.2) is 14.0 Å². The number of halogens is 1. The summed E-state index contributed by atoms with van der Waals surface area (Å²) < 4.78 is 25.3. The average molecular weight is 445 g/mol. The second-order valence-electron chi connectivity index (χ2n) is 7.95. The highest BCUT2D eigenvalue weighted by Gasteiger charge is 2.26. The molecule has 0 aromatic heterocycles. The quantitative estimate of drug-likeness (QED) is 0.591. The van der Waals surface area contributed by atoms with Crippen LogP contribution in [0.3, 0.4) is 0 Å². The number of hydrogen-bond acceptors (Lipinski definition) is 4. The standard InChI is InChI=1S/C24H29FN2O5/c1-31-21-9-5-8-20(23(21)25)27(19-6-3-2-4-7-19)24(30)26-14-17-10-12-18(13-11-17)15-32-16-22(28)29/h2-9,17-18H,10-16H2,1H3,(H,26,30)(H,28,29). The normalized spacial score (nSPS) is 18.1. The van der Waals surface area contributed by atoms with Gasteiger partial charge in [0.05, 0.1) is 25.1 Å². The maximum absolute atomic E-state index is 15.0. The summed E-state index contributed by atoms with van der Waals surface area (Å²) in [7, 11) is 1.39. The van der Waals surface area contributed by atoms with Crippen molar-refractivity contribution in [1.29, 1.82) is 0 Å². The predicted octanol–water partition coefficient (Wildman–Crippen LogP) is 4.59. The summed E-state index contributed by atoms with van der Waals surface area (Å²) >= 11 is 0. The summed E-state index contributed by atoms with van der Waals surface area (Å²) in [5.74, 6) is -0.845. The van der Waals surface area contributed by atoms with E-state index in [4.69, 9.17) is 14.6 Å². The molecular weight excluding hydrogens is 415 g/mol. The third-order valence-electron chi connectivity index (χ3n) is 5.71. The number of nitrogens with one attached hydrogen (secondary N) is 1. The van der Waals surface area contributed by atoms with Crippen molar-refractivity contribution in [3.05, 3.63) is 54.3 Å². The van der Waals surface area contributed by atoms with Crippen LogP contribution in [0.25, 0.3) is 0 Å². The zero-order valence-corrected chi connectivity index (χ0v) is 18.1. The summed E-state index contributed by atoms with van der Waals surface area (Å²) in [6, 6.07) is 13.2. The average Bonchev–Trinajstić information content (AvgIpc) is 2.80. The number of ether oxygens (including phenoxy) is 2. The fourth-order valence-electron chi connectivity index (χ4n) is 4.00. The minimum Gasteiger partial charge on any atom is -0.494 e. The number of para-hydroxylation sites is 1. The van der Waals surface area contributed by atoms with E-state index in [1.54, 1.807) is 36.4 Å². The van der Waals surface area contributed by atoms with Crippen molar-refractivity contribution in [2.24, 2.45) is 11.8 Å². The highest BCUT2D eigenvalue weighted by Crippen LogP contribution is 2.33. The minimum atomic E-state index is -0.961. The van der Waals surface area contributed by atoms with Crippen LogP contribution in [0, 0.1) is 17.7 Å². The molecule has 3 rings (SSSR count). The van der Waals surface area contributed by atoms with Crippen molar-refractivity contribution < 1.29 is 28.6 Å². The zero-order valence-electron chi connectivity index (χ0n) is 18.1. The molecule has 7 nitrogen and oxygen atoms in total. The third kappa shape index (κ3) is 6.20. The second-order valence-corrected chi connectivity index (χ2v) is 7.95. The zero-order chi connectivity index (χ0) is 22.9. The van der Waals surface area contributed by atoms with Gasteiger partial charge in [-0.3, -0.25) is 4.90 Å². The van der Waals surface area contributed by atoms with E-state index in [0.717, 1.165) is 25.7 Å². The highest BCUT2D eigenvalue weighted by atomic mass is 19.1. The molecule has 0 unspecified atom stereocenters. The number of urea groups is 1. The maximum Gasteiger partial charge on any atom is 0.329 e. The molecule has 1 aliphatic carbocycles. The van der Waals surface area contributed by atoms with Gasteiger partial charge in [-0.15, -0.1) is 0 Å². The number of carbonyl (C=O) groups is 2. The van der Waals surface area contributed by atoms with Crippen molar-refractivity contribution >= 4 is 23.4 Å². The lowest BCUT2D eigenvalue weighted by Gasteiger charge is -2.30. The van der Waals surface area contributed by atoms with Crippen molar-refractivity contribution in [1.82, 2.24) is 5.32 Å². The van der Waals surface area contributed by atoms with Crippen LogP contribution < -0.4 is 15.0 Å². The van der Waals surface area contributed by atoms with Gasteiger partial charge >= 0.3 is 12.0 Å². The van der Waals surface area contributed by atoms with Gasteiger partial charge in [0.15, 0.2) is 11.6 Å². The van der Waals surface area contributed by atoms with Gasteiger partial charge in [0, 0.05) is 6.54 Å². The molecule has 0 saturated heterocycles. The lowest BCUT2D eigenvalue weighted by Crippen LogP contribution is -2.40. The Bertz CT molecular complexity index is 901. The number of benzene rings is 2. The van der Waals surface area contributed by atoms with Gasteiger partial charge < -0.3 is 19.9 Å². The van der Waals surface area contributed by atoms with Crippen LogP contribution in [-0.2, 0) is 9.53 Å². The summed E-state index contributed by atoms with van der Waals surface area (Å²) in [4.78, 5) is 25.0. The van der Waals surface area contributed by atoms with E-state index in [1.807, 2.05) is 6.07 Å². The number of carboxylic acid groups (broad SMARTS) is 1. The molecule has 2 aromatic rings. The Labute approximate surface area is 187 Å². The molecule has 0 radical (unpaired) electrons. The molecule has 2 N–H and O–H groups in total. The summed E-state index contributed by atoms with van der Waals surface area (Å²) in [5.41, 5.74) is 0.670. The molecule has 0 aliphatic heterocycles. The SMILES string of the molecule is COc1cccc(N(C(=O)NCC2CCC(COCC(=O)O)CC2)c2ccccc2)c1F. The summed E-state index contributed by atoms with van der Waals surface area (Å²) in [5, 5.41) is 11.6. The topological polar surface area (TPSA) is 88.1 Å². The number of aliphatic carboxylic acids is 1. The maximum atomic E-state index is 15.0. The lowest BCUT2D eigenvalue weighted by atomic mass is 9.82.